The van der Waals surface area contributed by atoms with Crippen LogP contribution in [-0.4, -0.2) is 8.75 Å². The summed E-state index contributed by atoms with van der Waals surface area (Å²) in [6.45, 7) is 4.52. The van der Waals surface area contributed by atoms with Crippen molar-refractivity contribution in [1.29, 1.82) is 0 Å². The Morgan fingerprint density at radius 3 is 1.38 bits per heavy atom. The molecule has 0 fully saturated rings. The lowest BCUT2D eigenvalue weighted by Crippen LogP contribution is -1.89. The van der Waals surface area contributed by atoms with Crippen molar-refractivity contribution < 1.29 is 0 Å². The summed E-state index contributed by atoms with van der Waals surface area (Å²) in [5, 5.41) is 5.16. The average molecular weight is 529 g/mol. The molecular formula is C36H36N2S. The highest BCUT2D eigenvalue weighted by Gasteiger charge is 2.14. The van der Waals surface area contributed by atoms with E-state index in [1.54, 1.807) is 0 Å². The van der Waals surface area contributed by atoms with Crippen LogP contribution in [0.1, 0.15) is 63.5 Å². The molecule has 0 spiro atoms. The molecule has 0 aliphatic carbocycles. The fourth-order valence-electron chi connectivity index (χ4n) is 5.73. The molecule has 5 aromatic carbocycles. The van der Waals surface area contributed by atoms with Crippen molar-refractivity contribution in [2.24, 2.45) is 0 Å². The molecule has 1 aromatic heterocycles. The molecule has 3 heteroatoms. The fraction of sp³-hybridized carbons (Fsp3) is 0.278. The van der Waals surface area contributed by atoms with Crippen LogP contribution in [0.3, 0.4) is 0 Å². The van der Waals surface area contributed by atoms with E-state index in [4.69, 9.17) is 8.75 Å². The van der Waals surface area contributed by atoms with Gasteiger partial charge in [0.15, 0.2) is 0 Å². The van der Waals surface area contributed by atoms with Crippen LogP contribution in [0, 0.1) is 0 Å². The van der Waals surface area contributed by atoms with Gasteiger partial charge in [-0.25, -0.2) is 0 Å². The Morgan fingerprint density at radius 2 is 0.923 bits per heavy atom. The van der Waals surface area contributed by atoms with Crippen molar-refractivity contribution in [3.05, 3.63) is 96.1 Å². The summed E-state index contributed by atoms with van der Waals surface area (Å²) in [5.74, 6) is 0. The highest BCUT2D eigenvalue weighted by molar-refractivity contribution is 7.00. The highest BCUT2D eigenvalue weighted by Crippen LogP contribution is 2.36. The van der Waals surface area contributed by atoms with Gasteiger partial charge in [0, 0.05) is 11.1 Å². The number of rotatable bonds is 10. The molecule has 2 nitrogen and oxygen atoms in total. The molecule has 0 N–H and O–H groups in total. The van der Waals surface area contributed by atoms with Gasteiger partial charge < -0.3 is 0 Å². The van der Waals surface area contributed by atoms with Gasteiger partial charge in [0.2, 0.25) is 0 Å². The van der Waals surface area contributed by atoms with E-state index in [1.807, 2.05) is 0 Å². The molecule has 1 heterocycles. The van der Waals surface area contributed by atoms with Gasteiger partial charge in [0.05, 0.1) is 11.7 Å². The number of hydrogen-bond donors (Lipinski definition) is 0. The Labute approximate surface area is 236 Å². The minimum Gasteiger partial charge on any atom is -0.172 e. The van der Waals surface area contributed by atoms with E-state index in [0.29, 0.717) is 0 Å². The second-order valence-electron chi connectivity index (χ2n) is 10.8. The predicted molar refractivity (Wildman–Crippen MR) is 170 cm³/mol. The average Bonchev–Trinajstić information content (AvgIpc) is 3.47. The van der Waals surface area contributed by atoms with Crippen LogP contribution >= 0.6 is 11.7 Å². The minimum absolute atomic E-state index is 0.986. The van der Waals surface area contributed by atoms with Crippen LogP contribution in [0.2, 0.25) is 0 Å². The fourth-order valence-corrected chi connectivity index (χ4v) is 6.30. The van der Waals surface area contributed by atoms with Gasteiger partial charge in [-0.05, 0) is 81.6 Å². The third-order valence-electron chi connectivity index (χ3n) is 7.98. The Morgan fingerprint density at radius 1 is 0.487 bits per heavy atom. The molecule has 0 saturated carbocycles. The SMILES string of the molecule is CCCCCc1ccc2cc(-c3ccc(-c4ccc5cc(CCCCC)ccc5c4)c4nsnc34)ccc2c1. The third-order valence-corrected chi connectivity index (χ3v) is 8.51. The predicted octanol–water partition coefficient (Wildman–Crippen LogP) is 10.8. The maximum Gasteiger partial charge on any atom is 0.113 e. The van der Waals surface area contributed by atoms with E-state index >= 15 is 0 Å². The molecule has 196 valence electrons. The molecule has 0 aliphatic rings. The molecule has 6 aromatic rings. The first kappa shape index (κ1) is 25.7. The Bertz CT molecular complexity index is 1620. The highest BCUT2D eigenvalue weighted by atomic mass is 32.1. The smallest absolute Gasteiger partial charge is 0.113 e. The van der Waals surface area contributed by atoms with E-state index in [0.717, 1.165) is 35.0 Å². The van der Waals surface area contributed by atoms with Crippen molar-refractivity contribution in [1.82, 2.24) is 8.75 Å². The van der Waals surface area contributed by atoms with Crippen molar-refractivity contribution in [3.63, 3.8) is 0 Å². The van der Waals surface area contributed by atoms with Gasteiger partial charge in [-0.3, -0.25) is 0 Å². The topological polar surface area (TPSA) is 25.8 Å². The van der Waals surface area contributed by atoms with Crippen LogP contribution in [-0.2, 0) is 12.8 Å². The number of aryl methyl sites for hydroxylation is 2. The molecule has 39 heavy (non-hydrogen) atoms. The zero-order valence-electron chi connectivity index (χ0n) is 23.0. The van der Waals surface area contributed by atoms with E-state index in [-0.39, 0.29) is 0 Å². The standard InChI is InChI=1S/C36H36N2S/c1-3-5-7-9-25-11-13-29-23-31(17-15-27(29)21-25)33-19-20-34(36-35(33)37-39-38-36)32-18-16-28-22-26(10-8-6-4-2)12-14-30(28)24-32/h11-24H,3-10H2,1-2H3. The number of unbranched alkanes of at least 4 members (excludes halogenated alkanes) is 4. The van der Waals surface area contributed by atoms with Crippen molar-refractivity contribution in [2.75, 3.05) is 0 Å². The van der Waals surface area contributed by atoms with Crippen molar-refractivity contribution in [3.8, 4) is 22.3 Å². The second-order valence-corrected chi connectivity index (χ2v) is 11.4. The number of benzene rings is 5. The number of nitrogens with zero attached hydrogens (tertiary/aromatic N) is 2. The monoisotopic (exact) mass is 528 g/mol. The summed E-state index contributed by atoms with van der Waals surface area (Å²) in [6.07, 6.45) is 9.96. The molecule has 0 amide bonds. The lowest BCUT2D eigenvalue weighted by Gasteiger charge is -2.10. The van der Waals surface area contributed by atoms with Gasteiger partial charge in [-0.15, -0.1) is 0 Å². The largest absolute Gasteiger partial charge is 0.172 e. The molecule has 0 atom stereocenters. The number of aromatic nitrogens is 2. The summed E-state index contributed by atoms with van der Waals surface area (Å²) in [7, 11) is 0. The normalized spacial score (nSPS) is 11.6. The quantitative estimate of drug-likeness (QED) is 0.165. The van der Waals surface area contributed by atoms with E-state index in [9.17, 15) is 0 Å². The Balaban J connectivity index is 1.31. The van der Waals surface area contributed by atoms with Crippen molar-refractivity contribution in [2.45, 2.75) is 65.2 Å². The van der Waals surface area contributed by atoms with Gasteiger partial charge >= 0.3 is 0 Å². The van der Waals surface area contributed by atoms with E-state index in [1.165, 1.54) is 94.1 Å². The lowest BCUT2D eigenvalue weighted by molar-refractivity contribution is 0.718. The summed E-state index contributed by atoms with van der Waals surface area (Å²) in [5.41, 5.74) is 9.52. The maximum absolute atomic E-state index is 4.76. The van der Waals surface area contributed by atoms with Crippen LogP contribution in [0.25, 0.3) is 54.8 Å². The van der Waals surface area contributed by atoms with Gasteiger partial charge in [-0.2, -0.15) is 8.75 Å². The van der Waals surface area contributed by atoms with Gasteiger partial charge in [-0.1, -0.05) is 112 Å². The van der Waals surface area contributed by atoms with Gasteiger partial charge in [0.1, 0.15) is 11.0 Å². The maximum atomic E-state index is 4.76. The molecule has 0 bridgehead atoms. The number of fused-ring (bicyclic) bond motifs is 3. The van der Waals surface area contributed by atoms with E-state index in [2.05, 4.69) is 98.8 Å². The molecule has 0 aliphatic heterocycles. The van der Waals surface area contributed by atoms with Gasteiger partial charge in [0.25, 0.3) is 0 Å². The van der Waals surface area contributed by atoms with Crippen molar-refractivity contribution >= 4 is 44.3 Å². The number of hydrogen-bond acceptors (Lipinski definition) is 3. The second kappa shape index (κ2) is 11.7. The molecule has 0 radical (unpaired) electrons. The first-order valence-corrected chi connectivity index (χ1v) is 15.3. The summed E-state index contributed by atoms with van der Waals surface area (Å²) in [6, 6.07) is 31.9. The summed E-state index contributed by atoms with van der Waals surface area (Å²) in [4.78, 5) is 0. The van der Waals surface area contributed by atoms with Crippen LogP contribution in [0.4, 0.5) is 0 Å². The van der Waals surface area contributed by atoms with Crippen LogP contribution < -0.4 is 0 Å². The molecule has 0 saturated heterocycles. The summed E-state index contributed by atoms with van der Waals surface area (Å²) < 4.78 is 9.51. The summed E-state index contributed by atoms with van der Waals surface area (Å²) >= 11 is 1.30. The zero-order valence-corrected chi connectivity index (χ0v) is 23.9. The Hall–Kier alpha value is -3.56. The molecular weight excluding hydrogens is 492 g/mol. The van der Waals surface area contributed by atoms with E-state index < -0.39 is 0 Å². The third kappa shape index (κ3) is 5.46. The first-order chi connectivity index (χ1) is 19.2. The van der Waals surface area contributed by atoms with Crippen LogP contribution in [0.5, 0.6) is 0 Å². The first-order valence-electron chi connectivity index (χ1n) is 14.5. The zero-order chi connectivity index (χ0) is 26.6. The minimum atomic E-state index is 0.986. The Kier molecular flexibility index (Phi) is 7.69. The molecule has 6 rings (SSSR count). The lowest BCUT2D eigenvalue weighted by atomic mass is 9.94. The molecule has 0 unspecified atom stereocenters. The van der Waals surface area contributed by atoms with Crippen LogP contribution in [0.15, 0.2) is 84.9 Å².